The fourth-order valence-corrected chi connectivity index (χ4v) is 1.76. The molecule has 1 aromatic rings. The van der Waals surface area contributed by atoms with Crippen molar-refractivity contribution in [3.8, 4) is 29.6 Å². The first kappa shape index (κ1) is 15.2. The van der Waals surface area contributed by atoms with Crippen molar-refractivity contribution in [1.29, 1.82) is 0 Å². The molecule has 1 unspecified atom stereocenters. The first-order valence-corrected chi connectivity index (χ1v) is 6.22. The maximum absolute atomic E-state index is 5.97. The van der Waals surface area contributed by atoms with Gasteiger partial charge >= 0.3 is 0 Å². The summed E-state index contributed by atoms with van der Waals surface area (Å²) in [5.41, 5.74) is 7.02. The van der Waals surface area contributed by atoms with Crippen molar-refractivity contribution in [2.24, 2.45) is 5.73 Å². The second-order valence-electron chi connectivity index (χ2n) is 4.19. The molecule has 0 bridgehead atoms. The van der Waals surface area contributed by atoms with E-state index in [0.717, 1.165) is 18.4 Å². The summed E-state index contributed by atoms with van der Waals surface area (Å²) < 4.78 is 16.1. The maximum Gasteiger partial charge on any atom is 0.204 e. The number of ether oxygens (including phenoxy) is 3. The van der Waals surface area contributed by atoms with Gasteiger partial charge in [-0.05, 0) is 30.5 Å². The molecule has 0 spiro atoms. The Bertz CT molecular complexity index is 426. The van der Waals surface area contributed by atoms with Crippen LogP contribution in [0.4, 0.5) is 0 Å². The predicted octanol–water partition coefficient (Wildman–Crippen LogP) is 2.00. The summed E-state index contributed by atoms with van der Waals surface area (Å²) in [7, 11) is 3.17. The van der Waals surface area contributed by atoms with Crippen molar-refractivity contribution in [3.63, 3.8) is 0 Å². The number of rotatable bonds is 7. The van der Waals surface area contributed by atoms with E-state index in [2.05, 4.69) is 12.8 Å². The molecule has 1 rings (SSSR count). The van der Waals surface area contributed by atoms with E-state index in [4.69, 9.17) is 26.4 Å². The van der Waals surface area contributed by atoms with E-state index < -0.39 is 0 Å². The molecule has 4 nitrogen and oxygen atoms in total. The first-order chi connectivity index (χ1) is 9.15. The van der Waals surface area contributed by atoms with Crippen LogP contribution in [0.25, 0.3) is 0 Å². The Labute approximate surface area is 114 Å². The number of nitrogens with two attached hydrogens (primary N) is 1. The highest BCUT2D eigenvalue weighted by atomic mass is 16.5. The molecule has 0 heterocycles. The smallest absolute Gasteiger partial charge is 0.204 e. The molecule has 4 heteroatoms. The van der Waals surface area contributed by atoms with Crippen LogP contribution in [0.2, 0.25) is 0 Å². The highest BCUT2D eigenvalue weighted by molar-refractivity contribution is 5.54. The zero-order valence-corrected chi connectivity index (χ0v) is 11.7. The highest BCUT2D eigenvalue weighted by Crippen LogP contribution is 2.38. The van der Waals surface area contributed by atoms with E-state index in [1.807, 2.05) is 12.1 Å². The molecular formula is C15H21NO3. The van der Waals surface area contributed by atoms with E-state index in [9.17, 15) is 0 Å². The summed E-state index contributed by atoms with van der Waals surface area (Å²) in [6.45, 7) is 2.23. The minimum Gasteiger partial charge on any atom is -0.493 e. The van der Waals surface area contributed by atoms with Crippen LogP contribution in [0.5, 0.6) is 17.2 Å². The largest absolute Gasteiger partial charge is 0.493 e. The van der Waals surface area contributed by atoms with Gasteiger partial charge in [0.05, 0.1) is 14.2 Å². The van der Waals surface area contributed by atoms with Crippen LogP contribution < -0.4 is 19.9 Å². The Morgan fingerprint density at radius 1 is 1.26 bits per heavy atom. The van der Waals surface area contributed by atoms with Crippen LogP contribution in [-0.2, 0) is 6.42 Å². The van der Waals surface area contributed by atoms with Crippen LogP contribution in [-0.4, -0.2) is 26.9 Å². The van der Waals surface area contributed by atoms with Gasteiger partial charge in [-0.2, -0.15) is 0 Å². The van der Waals surface area contributed by atoms with Gasteiger partial charge in [-0.3, -0.25) is 0 Å². The molecule has 0 fully saturated rings. The number of hydrogen-bond acceptors (Lipinski definition) is 4. The fourth-order valence-electron chi connectivity index (χ4n) is 1.76. The monoisotopic (exact) mass is 263 g/mol. The molecule has 1 atom stereocenters. The van der Waals surface area contributed by atoms with Gasteiger partial charge in [0.15, 0.2) is 11.5 Å². The average Bonchev–Trinajstić information content (AvgIpc) is 2.44. The molecule has 0 radical (unpaired) electrons. The van der Waals surface area contributed by atoms with Crippen molar-refractivity contribution < 1.29 is 14.2 Å². The minimum absolute atomic E-state index is 0.117. The third kappa shape index (κ3) is 4.08. The summed E-state index contributed by atoms with van der Waals surface area (Å²) in [6, 6.07) is 3.93. The van der Waals surface area contributed by atoms with Gasteiger partial charge < -0.3 is 19.9 Å². The van der Waals surface area contributed by atoms with Crippen LogP contribution >= 0.6 is 0 Å². The zero-order chi connectivity index (χ0) is 14.3. The highest BCUT2D eigenvalue weighted by Gasteiger charge is 2.15. The lowest BCUT2D eigenvalue weighted by molar-refractivity contribution is 0.304. The molecule has 2 N–H and O–H groups in total. The van der Waals surface area contributed by atoms with Gasteiger partial charge in [0.1, 0.15) is 6.61 Å². The number of terminal acetylenes is 1. The molecule has 104 valence electrons. The lowest BCUT2D eigenvalue weighted by Crippen LogP contribution is -2.21. The predicted molar refractivity (Wildman–Crippen MR) is 75.8 cm³/mol. The molecule has 0 aliphatic rings. The van der Waals surface area contributed by atoms with E-state index >= 15 is 0 Å². The topological polar surface area (TPSA) is 53.7 Å². The van der Waals surface area contributed by atoms with Crippen LogP contribution in [0.1, 0.15) is 18.9 Å². The van der Waals surface area contributed by atoms with Gasteiger partial charge in [0, 0.05) is 6.04 Å². The molecule has 0 aliphatic carbocycles. The number of benzene rings is 1. The van der Waals surface area contributed by atoms with Crippen LogP contribution in [0.15, 0.2) is 12.1 Å². The number of methoxy groups -OCH3 is 2. The molecule has 0 amide bonds. The van der Waals surface area contributed by atoms with Crippen LogP contribution in [0.3, 0.4) is 0 Å². The van der Waals surface area contributed by atoms with Crippen molar-refractivity contribution in [2.45, 2.75) is 25.8 Å². The lowest BCUT2D eigenvalue weighted by atomic mass is 10.0. The summed E-state index contributed by atoms with van der Waals surface area (Å²) in [4.78, 5) is 0. The molecule has 0 saturated heterocycles. The second-order valence-corrected chi connectivity index (χ2v) is 4.19. The van der Waals surface area contributed by atoms with E-state index in [1.165, 1.54) is 0 Å². The third-order valence-electron chi connectivity index (χ3n) is 2.84. The molecular weight excluding hydrogens is 242 g/mol. The average molecular weight is 263 g/mol. The molecule has 0 aliphatic heterocycles. The van der Waals surface area contributed by atoms with Crippen molar-refractivity contribution in [3.05, 3.63) is 17.7 Å². The normalized spacial score (nSPS) is 11.5. The molecule has 0 saturated carbocycles. The summed E-state index contributed by atoms with van der Waals surface area (Å²) in [5, 5.41) is 0. The Morgan fingerprint density at radius 2 is 1.84 bits per heavy atom. The lowest BCUT2D eigenvalue weighted by Gasteiger charge is -2.16. The molecule has 1 aromatic carbocycles. The van der Waals surface area contributed by atoms with Gasteiger partial charge in [0.25, 0.3) is 0 Å². The van der Waals surface area contributed by atoms with Gasteiger partial charge in [0.2, 0.25) is 5.75 Å². The zero-order valence-electron chi connectivity index (χ0n) is 11.7. The van der Waals surface area contributed by atoms with Crippen molar-refractivity contribution in [2.75, 3.05) is 20.8 Å². The minimum atomic E-state index is 0.117. The Morgan fingerprint density at radius 3 is 2.26 bits per heavy atom. The first-order valence-electron chi connectivity index (χ1n) is 6.22. The third-order valence-corrected chi connectivity index (χ3v) is 2.84. The van der Waals surface area contributed by atoms with E-state index in [0.29, 0.717) is 17.2 Å². The fraction of sp³-hybridized carbons (Fsp3) is 0.467. The van der Waals surface area contributed by atoms with Gasteiger partial charge in [-0.25, -0.2) is 0 Å². The maximum atomic E-state index is 5.97. The molecule has 19 heavy (non-hydrogen) atoms. The van der Waals surface area contributed by atoms with E-state index in [1.54, 1.807) is 14.2 Å². The summed E-state index contributed by atoms with van der Waals surface area (Å²) >= 11 is 0. The van der Waals surface area contributed by atoms with Gasteiger partial charge in [-0.1, -0.05) is 12.8 Å². The second kappa shape index (κ2) is 7.55. The van der Waals surface area contributed by atoms with Crippen LogP contribution in [0, 0.1) is 12.3 Å². The van der Waals surface area contributed by atoms with Crippen molar-refractivity contribution >= 4 is 0 Å². The Balaban J connectivity index is 3.09. The Hall–Kier alpha value is -1.86. The molecule has 0 aromatic heterocycles. The van der Waals surface area contributed by atoms with E-state index in [-0.39, 0.29) is 12.6 Å². The summed E-state index contributed by atoms with van der Waals surface area (Å²) in [6.07, 6.45) is 6.88. The van der Waals surface area contributed by atoms with Gasteiger partial charge in [-0.15, -0.1) is 6.42 Å². The summed E-state index contributed by atoms with van der Waals surface area (Å²) in [5.74, 6) is 4.16. The SMILES string of the molecule is C#CCOc1c(OC)cc(CC(N)CC)cc1OC. The van der Waals surface area contributed by atoms with Crippen molar-refractivity contribution in [1.82, 2.24) is 0 Å². The quantitative estimate of drug-likeness (QED) is 0.764. The standard InChI is InChI=1S/C15H21NO3/c1-5-7-19-15-13(17-3)9-11(8-12(16)6-2)10-14(15)18-4/h1,9-10,12H,6-8,16H2,2-4H3. The number of hydrogen-bond donors (Lipinski definition) is 1. The Kier molecular flexibility index (Phi) is 6.04.